The van der Waals surface area contributed by atoms with Crippen LogP contribution in [0.2, 0.25) is 0 Å². The van der Waals surface area contributed by atoms with Gasteiger partial charge in [0.05, 0.1) is 0 Å². The first-order valence-corrected chi connectivity index (χ1v) is 7.57. The summed E-state index contributed by atoms with van der Waals surface area (Å²) >= 11 is 2.04. The lowest BCUT2D eigenvalue weighted by Gasteiger charge is -2.36. The molecule has 2 fully saturated rings. The van der Waals surface area contributed by atoms with E-state index in [1.807, 2.05) is 11.8 Å². The van der Waals surface area contributed by atoms with Gasteiger partial charge < -0.3 is 5.32 Å². The third-order valence-electron chi connectivity index (χ3n) is 4.13. The van der Waals surface area contributed by atoms with Crippen LogP contribution in [0.25, 0.3) is 0 Å². The van der Waals surface area contributed by atoms with Crippen molar-refractivity contribution in [2.24, 2.45) is 0 Å². The molecule has 2 heterocycles. The van der Waals surface area contributed by atoms with Gasteiger partial charge in [0, 0.05) is 36.5 Å². The van der Waals surface area contributed by atoms with Gasteiger partial charge in [0.1, 0.15) is 0 Å². The highest BCUT2D eigenvalue weighted by Crippen LogP contribution is 2.32. The molecule has 0 aromatic carbocycles. The van der Waals surface area contributed by atoms with E-state index < -0.39 is 0 Å². The number of nitrogens with one attached hydrogen (secondary N) is 1. The number of hydrogen-bond acceptors (Lipinski definition) is 3. The monoisotopic (exact) mass is 228 g/mol. The molecular formula is C12H24N2S. The second-order valence-electron chi connectivity index (χ2n) is 4.94. The zero-order valence-corrected chi connectivity index (χ0v) is 11.0. The number of nitrogens with zero attached hydrogens (tertiary/aromatic N) is 1. The van der Waals surface area contributed by atoms with Gasteiger partial charge in [-0.2, -0.15) is 11.8 Å². The van der Waals surface area contributed by atoms with Crippen LogP contribution in [0.5, 0.6) is 0 Å². The molecule has 0 radical (unpaired) electrons. The SMILES string of the molecule is CCC1CCC(C)N1C1CNCC1SC. The minimum absolute atomic E-state index is 0.780. The van der Waals surface area contributed by atoms with Crippen LogP contribution in [-0.4, -0.2) is 47.6 Å². The molecule has 0 spiro atoms. The number of likely N-dealkylation sites (tertiary alicyclic amines) is 1. The number of rotatable bonds is 3. The van der Waals surface area contributed by atoms with Crippen LogP contribution in [0.1, 0.15) is 33.1 Å². The molecule has 3 heteroatoms. The predicted molar refractivity (Wildman–Crippen MR) is 68.6 cm³/mol. The molecule has 0 saturated carbocycles. The number of hydrogen-bond donors (Lipinski definition) is 1. The Morgan fingerprint density at radius 3 is 2.80 bits per heavy atom. The van der Waals surface area contributed by atoms with Gasteiger partial charge in [0.15, 0.2) is 0 Å². The Balaban J connectivity index is 2.06. The Labute approximate surface area is 98.2 Å². The summed E-state index contributed by atoms with van der Waals surface area (Å²) < 4.78 is 0. The van der Waals surface area contributed by atoms with Crippen molar-refractivity contribution in [3.63, 3.8) is 0 Å². The maximum Gasteiger partial charge on any atom is 0.0357 e. The minimum Gasteiger partial charge on any atom is -0.314 e. The van der Waals surface area contributed by atoms with Crippen LogP contribution in [0.4, 0.5) is 0 Å². The van der Waals surface area contributed by atoms with Gasteiger partial charge in [-0.25, -0.2) is 0 Å². The highest BCUT2D eigenvalue weighted by molar-refractivity contribution is 7.99. The molecule has 0 aromatic heterocycles. The summed E-state index contributed by atoms with van der Waals surface area (Å²) in [4.78, 5) is 2.81. The zero-order chi connectivity index (χ0) is 10.8. The summed E-state index contributed by atoms with van der Waals surface area (Å²) in [5, 5.41) is 4.36. The molecule has 0 aromatic rings. The van der Waals surface area contributed by atoms with Gasteiger partial charge in [-0.1, -0.05) is 6.92 Å². The lowest BCUT2D eigenvalue weighted by molar-refractivity contribution is 0.146. The van der Waals surface area contributed by atoms with Crippen molar-refractivity contribution in [1.82, 2.24) is 10.2 Å². The van der Waals surface area contributed by atoms with Crippen LogP contribution in [0, 0.1) is 0 Å². The highest BCUT2D eigenvalue weighted by atomic mass is 32.2. The van der Waals surface area contributed by atoms with Crippen molar-refractivity contribution in [3.8, 4) is 0 Å². The van der Waals surface area contributed by atoms with Crippen LogP contribution >= 0.6 is 11.8 Å². The molecule has 4 unspecified atom stereocenters. The quantitative estimate of drug-likeness (QED) is 0.795. The van der Waals surface area contributed by atoms with Crippen molar-refractivity contribution in [1.29, 1.82) is 0 Å². The molecule has 0 aliphatic carbocycles. The minimum atomic E-state index is 0.780. The van der Waals surface area contributed by atoms with E-state index in [9.17, 15) is 0 Å². The normalized spacial score (nSPS) is 42.6. The zero-order valence-electron chi connectivity index (χ0n) is 10.2. The van der Waals surface area contributed by atoms with E-state index in [2.05, 4.69) is 30.3 Å². The molecule has 2 nitrogen and oxygen atoms in total. The smallest absolute Gasteiger partial charge is 0.0357 e. The molecule has 2 aliphatic rings. The second-order valence-corrected chi connectivity index (χ2v) is 6.01. The first kappa shape index (κ1) is 11.7. The van der Waals surface area contributed by atoms with Crippen LogP contribution < -0.4 is 5.32 Å². The third-order valence-corrected chi connectivity index (χ3v) is 5.22. The fourth-order valence-electron chi connectivity index (χ4n) is 3.28. The topological polar surface area (TPSA) is 15.3 Å². The number of thioether (sulfide) groups is 1. The fraction of sp³-hybridized carbons (Fsp3) is 1.00. The second kappa shape index (κ2) is 5.07. The predicted octanol–water partition coefficient (Wildman–Crippen LogP) is 1.95. The Hall–Kier alpha value is 0.270. The average molecular weight is 228 g/mol. The van der Waals surface area contributed by atoms with Gasteiger partial charge in [-0.3, -0.25) is 4.90 Å². The maximum atomic E-state index is 3.55. The first-order chi connectivity index (χ1) is 7.27. The molecule has 88 valence electrons. The van der Waals surface area contributed by atoms with E-state index in [0.717, 1.165) is 23.4 Å². The Kier molecular flexibility index (Phi) is 3.97. The maximum absolute atomic E-state index is 3.55. The van der Waals surface area contributed by atoms with Crippen molar-refractivity contribution >= 4 is 11.8 Å². The lowest BCUT2D eigenvalue weighted by Crippen LogP contribution is -2.48. The average Bonchev–Trinajstić information content (AvgIpc) is 2.82. The van der Waals surface area contributed by atoms with Crippen molar-refractivity contribution in [3.05, 3.63) is 0 Å². The van der Waals surface area contributed by atoms with E-state index in [1.165, 1.54) is 32.4 Å². The van der Waals surface area contributed by atoms with Crippen LogP contribution in [-0.2, 0) is 0 Å². The molecule has 4 atom stereocenters. The van der Waals surface area contributed by atoms with Crippen LogP contribution in [0.15, 0.2) is 0 Å². The molecule has 2 rings (SSSR count). The van der Waals surface area contributed by atoms with E-state index in [0.29, 0.717) is 0 Å². The largest absolute Gasteiger partial charge is 0.314 e. The molecule has 2 aliphatic heterocycles. The fourth-order valence-corrected chi connectivity index (χ4v) is 4.12. The summed E-state index contributed by atoms with van der Waals surface area (Å²) in [5.41, 5.74) is 0. The molecule has 2 saturated heterocycles. The first-order valence-electron chi connectivity index (χ1n) is 6.28. The molecule has 0 bridgehead atoms. The van der Waals surface area contributed by atoms with E-state index in [-0.39, 0.29) is 0 Å². The summed E-state index contributed by atoms with van der Waals surface area (Å²) in [6.45, 7) is 7.15. The third kappa shape index (κ3) is 2.20. The summed E-state index contributed by atoms with van der Waals surface area (Å²) in [5.74, 6) is 0. The molecule has 0 amide bonds. The van der Waals surface area contributed by atoms with Crippen molar-refractivity contribution in [2.75, 3.05) is 19.3 Å². The van der Waals surface area contributed by atoms with Gasteiger partial charge in [-0.15, -0.1) is 0 Å². The lowest BCUT2D eigenvalue weighted by atomic mass is 10.1. The van der Waals surface area contributed by atoms with Gasteiger partial charge >= 0.3 is 0 Å². The Bertz CT molecular complexity index is 210. The Morgan fingerprint density at radius 2 is 2.13 bits per heavy atom. The van der Waals surface area contributed by atoms with Crippen molar-refractivity contribution < 1.29 is 0 Å². The van der Waals surface area contributed by atoms with Gasteiger partial charge in [0.2, 0.25) is 0 Å². The summed E-state index contributed by atoms with van der Waals surface area (Å²) in [7, 11) is 0. The summed E-state index contributed by atoms with van der Waals surface area (Å²) in [6, 6.07) is 2.43. The highest BCUT2D eigenvalue weighted by Gasteiger charge is 2.40. The summed E-state index contributed by atoms with van der Waals surface area (Å²) in [6.07, 6.45) is 6.39. The van der Waals surface area contributed by atoms with Crippen LogP contribution in [0.3, 0.4) is 0 Å². The molecule has 1 N–H and O–H groups in total. The van der Waals surface area contributed by atoms with Gasteiger partial charge in [-0.05, 0) is 32.4 Å². The Morgan fingerprint density at radius 1 is 1.33 bits per heavy atom. The molecular weight excluding hydrogens is 204 g/mol. The van der Waals surface area contributed by atoms with E-state index in [1.54, 1.807) is 0 Å². The van der Waals surface area contributed by atoms with E-state index >= 15 is 0 Å². The molecule has 15 heavy (non-hydrogen) atoms. The standard InChI is InChI=1S/C12H24N2S/c1-4-10-6-5-9(2)14(10)11-7-13-8-12(11)15-3/h9-13H,4-8H2,1-3H3. The van der Waals surface area contributed by atoms with Gasteiger partial charge in [0.25, 0.3) is 0 Å². The van der Waals surface area contributed by atoms with Crippen molar-refractivity contribution in [2.45, 2.75) is 56.5 Å². The van der Waals surface area contributed by atoms with E-state index in [4.69, 9.17) is 0 Å².